The number of likely N-dealkylation sites (N-methyl/N-ethyl adjacent to an activating group) is 1. The number of carbonyl (C=O) groups is 1. The predicted molar refractivity (Wildman–Crippen MR) is 110 cm³/mol. The first-order valence-corrected chi connectivity index (χ1v) is 9.51. The first kappa shape index (κ1) is 21.7. The molecule has 0 aliphatic rings. The highest BCUT2D eigenvalue weighted by molar-refractivity contribution is 5.74. The zero-order chi connectivity index (χ0) is 20.5. The van der Waals surface area contributed by atoms with E-state index in [0.717, 1.165) is 16.9 Å². The third-order valence-corrected chi connectivity index (χ3v) is 4.30. The van der Waals surface area contributed by atoms with Crippen LogP contribution in [-0.4, -0.2) is 38.2 Å². The van der Waals surface area contributed by atoms with Gasteiger partial charge in [-0.1, -0.05) is 44.2 Å². The molecule has 0 heterocycles. The summed E-state index contributed by atoms with van der Waals surface area (Å²) in [6.45, 7) is 5.55. The van der Waals surface area contributed by atoms with E-state index in [9.17, 15) is 9.18 Å². The van der Waals surface area contributed by atoms with Crippen molar-refractivity contribution in [1.29, 1.82) is 0 Å². The van der Waals surface area contributed by atoms with Gasteiger partial charge in [0, 0.05) is 18.7 Å². The van der Waals surface area contributed by atoms with Crippen molar-refractivity contribution in [2.24, 2.45) is 5.92 Å². The van der Waals surface area contributed by atoms with Crippen molar-refractivity contribution in [2.75, 3.05) is 27.2 Å². The molecule has 2 rings (SSSR count). The lowest BCUT2D eigenvalue weighted by atomic mass is 10.1. The zero-order valence-corrected chi connectivity index (χ0v) is 17.0. The molecule has 0 saturated heterocycles. The highest BCUT2D eigenvalue weighted by Gasteiger charge is 2.16. The number of ether oxygens (including phenoxy) is 1. The highest BCUT2D eigenvalue weighted by Crippen LogP contribution is 2.19. The van der Waals surface area contributed by atoms with Gasteiger partial charge in [0.2, 0.25) is 0 Å². The minimum atomic E-state index is -0.285. The van der Waals surface area contributed by atoms with Gasteiger partial charge in [0.15, 0.2) is 0 Å². The number of hydrogen-bond acceptors (Lipinski definition) is 3. The second-order valence-electron chi connectivity index (χ2n) is 7.41. The molecule has 0 spiro atoms. The van der Waals surface area contributed by atoms with Crippen molar-refractivity contribution in [1.82, 2.24) is 15.5 Å². The Hall–Kier alpha value is -2.60. The Balaban J connectivity index is 1.90. The molecule has 6 heteroatoms. The topological polar surface area (TPSA) is 53.6 Å². The summed E-state index contributed by atoms with van der Waals surface area (Å²) >= 11 is 0. The summed E-state index contributed by atoms with van der Waals surface area (Å²) in [6, 6.07) is 13.7. The van der Waals surface area contributed by atoms with E-state index in [-0.39, 0.29) is 17.9 Å². The molecule has 0 aromatic heterocycles. The van der Waals surface area contributed by atoms with Gasteiger partial charge in [0.1, 0.15) is 11.6 Å². The van der Waals surface area contributed by atoms with Gasteiger partial charge < -0.3 is 20.3 Å². The molecule has 2 aromatic carbocycles. The van der Waals surface area contributed by atoms with E-state index >= 15 is 0 Å². The van der Waals surface area contributed by atoms with Crippen LogP contribution in [0.2, 0.25) is 0 Å². The number of para-hydroxylation sites is 1. The Kier molecular flexibility index (Phi) is 8.26. The van der Waals surface area contributed by atoms with E-state index in [1.54, 1.807) is 6.07 Å². The second-order valence-corrected chi connectivity index (χ2v) is 7.41. The van der Waals surface area contributed by atoms with Gasteiger partial charge in [-0.25, -0.2) is 9.18 Å². The minimum Gasteiger partial charge on any atom is -0.493 e. The van der Waals surface area contributed by atoms with E-state index in [1.807, 2.05) is 49.3 Å². The van der Waals surface area contributed by atoms with Crippen molar-refractivity contribution in [3.8, 4) is 5.75 Å². The smallest absolute Gasteiger partial charge is 0.315 e. The van der Waals surface area contributed by atoms with E-state index in [1.165, 1.54) is 12.1 Å². The normalized spacial score (nSPS) is 12.1. The van der Waals surface area contributed by atoms with Crippen LogP contribution in [0.15, 0.2) is 48.5 Å². The fourth-order valence-corrected chi connectivity index (χ4v) is 2.79. The Labute approximate surface area is 166 Å². The number of nitrogens with zero attached hydrogens (tertiary/aromatic N) is 1. The van der Waals surface area contributed by atoms with Crippen LogP contribution in [0, 0.1) is 11.7 Å². The lowest BCUT2D eigenvalue weighted by molar-refractivity contribution is 0.232. The molecule has 5 nitrogen and oxygen atoms in total. The summed E-state index contributed by atoms with van der Waals surface area (Å²) < 4.78 is 19.3. The largest absolute Gasteiger partial charge is 0.493 e. The maximum Gasteiger partial charge on any atom is 0.315 e. The van der Waals surface area contributed by atoms with Crippen molar-refractivity contribution in [2.45, 2.75) is 26.4 Å². The molecule has 1 unspecified atom stereocenters. The highest BCUT2D eigenvalue weighted by atomic mass is 19.1. The summed E-state index contributed by atoms with van der Waals surface area (Å²) in [4.78, 5) is 14.2. The zero-order valence-electron chi connectivity index (χ0n) is 17.0. The number of benzene rings is 2. The number of hydrogen-bond donors (Lipinski definition) is 2. The van der Waals surface area contributed by atoms with Gasteiger partial charge in [-0.3, -0.25) is 0 Å². The number of halogens is 1. The van der Waals surface area contributed by atoms with Crippen LogP contribution < -0.4 is 15.4 Å². The number of nitrogens with one attached hydrogen (secondary N) is 2. The second kappa shape index (κ2) is 10.7. The van der Waals surface area contributed by atoms with E-state index in [4.69, 9.17) is 4.74 Å². The number of carbonyl (C=O) groups excluding carboxylic acids is 1. The predicted octanol–water partition coefficient (Wildman–Crippen LogP) is 3.96. The quantitative estimate of drug-likeness (QED) is 0.685. The molecule has 0 bridgehead atoms. The first-order chi connectivity index (χ1) is 13.4. The molecule has 0 aliphatic heterocycles. The van der Waals surface area contributed by atoms with E-state index in [2.05, 4.69) is 24.5 Å². The molecule has 0 aliphatic carbocycles. The lowest BCUT2D eigenvalue weighted by Gasteiger charge is -2.25. The van der Waals surface area contributed by atoms with Gasteiger partial charge in [0.05, 0.1) is 12.6 Å². The third-order valence-electron chi connectivity index (χ3n) is 4.30. The average Bonchev–Trinajstić information content (AvgIpc) is 2.65. The summed E-state index contributed by atoms with van der Waals surface area (Å²) in [7, 11) is 3.80. The van der Waals surface area contributed by atoms with Gasteiger partial charge in [-0.05, 0) is 43.8 Å². The monoisotopic (exact) mass is 387 g/mol. The van der Waals surface area contributed by atoms with Crippen molar-refractivity contribution in [3.63, 3.8) is 0 Å². The number of urea groups is 1. The standard InChI is InChI=1S/C22H30FN3O2/c1-16(2)15-28-21-11-6-5-8-18(21)13-24-22(27)25-14-20(26(3)4)17-9-7-10-19(23)12-17/h5-12,16,20H,13-15H2,1-4H3,(H2,24,25,27). The maximum absolute atomic E-state index is 13.5. The maximum atomic E-state index is 13.5. The van der Waals surface area contributed by atoms with Crippen LogP contribution in [0.4, 0.5) is 9.18 Å². The van der Waals surface area contributed by atoms with Crippen LogP contribution in [0.1, 0.15) is 31.0 Å². The summed E-state index contributed by atoms with van der Waals surface area (Å²) in [6.07, 6.45) is 0. The van der Waals surface area contributed by atoms with Gasteiger partial charge in [-0.15, -0.1) is 0 Å². The molecular formula is C22H30FN3O2. The Morgan fingerprint density at radius 3 is 2.54 bits per heavy atom. The van der Waals surface area contributed by atoms with Crippen molar-refractivity contribution >= 4 is 6.03 Å². The molecular weight excluding hydrogens is 357 g/mol. The molecule has 152 valence electrons. The van der Waals surface area contributed by atoms with Crippen LogP contribution in [-0.2, 0) is 6.54 Å². The Morgan fingerprint density at radius 2 is 1.86 bits per heavy atom. The fourth-order valence-electron chi connectivity index (χ4n) is 2.79. The summed E-state index contributed by atoms with van der Waals surface area (Å²) in [5, 5.41) is 5.73. The van der Waals surface area contributed by atoms with Crippen molar-refractivity contribution < 1.29 is 13.9 Å². The molecule has 1 atom stereocenters. The van der Waals surface area contributed by atoms with Gasteiger partial charge in [-0.2, -0.15) is 0 Å². The molecule has 0 saturated carbocycles. The molecule has 0 fully saturated rings. The number of rotatable bonds is 9. The van der Waals surface area contributed by atoms with E-state index in [0.29, 0.717) is 25.6 Å². The minimum absolute atomic E-state index is 0.122. The van der Waals surface area contributed by atoms with Gasteiger partial charge >= 0.3 is 6.03 Å². The average molecular weight is 387 g/mol. The molecule has 2 aromatic rings. The SMILES string of the molecule is CC(C)COc1ccccc1CNC(=O)NCC(c1cccc(F)c1)N(C)C. The molecule has 0 radical (unpaired) electrons. The van der Waals surface area contributed by atoms with Gasteiger partial charge in [0.25, 0.3) is 0 Å². The van der Waals surface area contributed by atoms with Crippen molar-refractivity contribution in [3.05, 3.63) is 65.5 Å². The number of amides is 2. The first-order valence-electron chi connectivity index (χ1n) is 9.51. The molecule has 2 amide bonds. The van der Waals surface area contributed by atoms with Crippen LogP contribution in [0.25, 0.3) is 0 Å². The van der Waals surface area contributed by atoms with E-state index < -0.39 is 0 Å². The van der Waals surface area contributed by atoms with Crippen LogP contribution >= 0.6 is 0 Å². The van der Waals surface area contributed by atoms with Crippen LogP contribution in [0.3, 0.4) is 0 Å². The summed E-state index contributed by atoms with van der Waals surface area (Å²) in [5.74, 6) is 0.921. The van der Waals surface area contributed by atoms with Crippen LogP contribution in [0.5, 0.6) is 5.75 Å². The molecule has 28 heavy (non-hydrogen) atoms. The Bertz CT molecular complexity index is 765. The lowest BCUT2D eigenvalue weighted by Crippen LogP contribution is -2.40. The summed E-state index contributed by atoms with van der Waals surface area (Å²) in [5.41, 5.74) is 1.74. The third kappa shape index (κ3) is 6.85. The fraction of sp³-hybridized carbons (Fsp3) is 0.409. The molecule has 2 N–H and O–H groups in total. The Morgan fingerprint density at radius 1 is 1.11 bits per heavy atom.